The normalized spacial score (nSPS) is 11.9. The number of hydrogen-bond donors (Lipinski definition) is 0. The first-order valence-electron chi connectivity index (χ1n) is 25.6. The Morgan fingerprint density at radius 1 is 0.317 bits per heavy atom. The molecule has 4 aromatic heterocycles. The molecule has 0 radical (unpaired) electrons. The van der Waals surface area contributed by atoms with Crippen LogP contribution >= 0.6 is 45.3 Å². The van der Waals surface area contributed by atoms with Crippen LogP contribution < -0.4 is 0 Å². The van der Waals surface area contributed by atoms with Crippen LogP contribution in [0.3, 0.4) is 0 Å². The van der Waals surface area contributed by atoms with Crippen LogP contribution in [0.15, 0.2) is 24.3 Å². The first-order chi connectivity index (χ1) is 29.5. The lowest BCUT2D eigenvalue weighted by Gasteiger charge is -2.04. The molecule has 0 saturated carbocycles. The van der Waals surface area contributed by atoms with Crippen molar-refractivity contribution in [1.82, 2.24) is 0 Å². The molecule has 0 nitrogen and oxygen atoms in total. The molecule has 0 aliphatic rings. The summed E-state index contributed by atoms with van der Waals surface area (Å²) < 4.78 is 0. The molecule has 0 N–H and O–H groups in total. The summed E-state index contributed by atoms with van der Waals surface area (Å²) in [6.45, 7) is 13.9. The van der Waals surface area contributed by atoms with Crippen LogP contribution in [0.25, 0.3) is 31.7 Å². The van der Waals surface area contributed by atoms with E-state index in [0.717, 1.165) is 0 Å². The van der Waals surface area contributed by atoms with Gasteiger partial charge in [-0.1, -0.05) is 182 Å². The molecule has 4 rings (SSSR count). The molecule has 0 saturated heterocycles. The zero-order valence-electron chi connectivity index (χ0n) is 39.7. The van der Waals surface area contributed by atoms with Gasteiger partial charge >= 0.3 is 0 Å². The van der Waals surface area contributed by atoms with Crippen molar-refractivity contribution in [2.24, 2.45) is 0 Å². The fourth-order valence-electron chi connectivity index (χ4n) is 8.95. The van der Waals surface area contributed by atoms with E-state index >= 15 is 0 Å². The van der Waals surface area contributed by atoms with Crippen molar-refractivity contribution >= 4 is 57.5 Å². The SMILES string of the molecule is CCCCCCCCCCCCc1cc(C)sc1-c1cc(CCCCCC)c(/C=C/c2sc(-c3sc(C)cc3CCCCCCCCCCCC)cc2CCCCCC)s1. The Bertz CT molecular complexity index is 1580. The van der Waals surface area contributed by atoms with Gasteiger partial charge in [0, 0.05) is 39.0 Å². The number of thiophene rings is 4. The third-order valence-corrected chi connectivity index (χ3v) is 17.4. The minimum absolute atomic E-state index is 1.20. The maximum absolute atomic E-state index is 2.60. The highest BCUT2D eigenvalue weighted by atomic mass is 32.1. The third kappa shape index (κ3) is 19.1. The van der Waals surface area contributed by atoms with E-state index in [1.807, 2.05) is 22.7 Å². The first-order valence-corrected chi connectivity index (χ1v) is 28.9. The van der Waals surface area contributed by atoms with Crippen molar-refractivity contribution in [2.75, 3.05) is 0 Å². The monoisotopic (exact) mass is 889 g/mol. The van der Waals surface area contributed by atoms with Gasteiger partial charge < -0.3 is 0 Å². The fourth-order valence-corrected chi connectivity index (χ4v) is 13.6. The second-order valence-corrected chi connectivity index (χ2v) is 22.9. The Hall–Kier alpha value is -1.46. The summed E-state index contributed by atoms with van der Waals surface area (Å²) in [5.41, 5.74) is 6.35. The molecule has 0 aliphatic carbocycles. The summed E-state index contributed by atoms with van der Waals surface area (Å²) in [7, 11) is 0. The second kappa shape index (κ2) is 31.4. The van der Waals surface area contributed by atoms with Crippen molar-refractivity contribution in [3.8, 4) is 19.5 Å². The summed E-state index contributed by atoms with van der Waals surface area (Å²) >= 11 is 8.22. The van der Waals surface area contributed by atoms with E-state index in [9.17, 15) is 0 Å². The van der Waals surface area contributed by atoms with Gasteiger partial charge in [0.05, 0.1) is 0 Å². The van der Waals surface area contributed by atoms with Gasteiger partial charge in [0.15, 0.2) is 0 Å². The Morgan fingerprint density at radius 3 is 0.900 bits per heavy atom. The minimum Gasteiger partial charge on any atom is -0.139 e. The van der Waals surface area contributed by atoms with E-state index in [-0.39, 0.29) is 0 Å². The number of unbranched alkanes of at least 4 members (excludes halogenated alkanes) is 24. The van der Waals surface area contributed by atoms with E-state index in [1.54, 1.807) is 32.0 Å². The predicted molar refractivity (Wildman–Crippen MR) is 280 cm³/mol. The summed E-state index contributed by atoms with van der Waals surface area (Å²) in [6.07, 6.45) is 48.5. The molecular weight excluding hydrogens is 801 g/mol. The van der Waals surface area contributed by atoms with Crippen molar-refractivity contribution in [3.05, 3.63) is 66.0 Å². The average Bonchev–Trinajstić information content (AvgIpc) is 4.03. The molecular formula is C56H88S4. The average molecular weight is 890 g/mol. The molecule has 0 aliphatic heterocycles. The van der Waals surface area contributed by atoms with Gasteiger partial charge in [-0.15, -0.1) is 45.3 Å². The molecule has 0 atom stereocenters. The van der Waals surface area contributed by atoms with Gasteiger partial charge in [-0.05, 0) is 124 Å². The minimum atomic E-state index is 1.20. The molecule has 0 bridgehead atoms. The highest BCUT2D eigenvalue weighted by Crippen LogP contribution is 2.43. The van der Waals surface area contributed by atoms with Crippen molar-refractivity contribution in [1.29, 1.82) is 0 Å². The van der Waals surface area contributed by atoms with Gasteiger partial charge in [-0.2, -0.15) is 0 Å². The molecule has 0 aromatic carbocycles. The highest BCUT2D eigenvalue weighted by Gasteiger charge is 2.17. The van der Waals surface area contributed by atoms with Crippen LogP contribution in [-0.4, -0.2) is 0 Å². The summed E-state index contributed by atoms with van der Waals surface area (Å²) in [5.74, 6) is 0. The summed E-state index contributed by atoms with van der Waals surface area (Å²) in [4.78, 5) is 12.1. The van der Waals surface area contributed by atoms with E-state index in [4.69, 9.17) is 0 Å². The zero-order chi connectivity index (χ0) is 42.6. The number of aryl methyl sites for hydroxylation is 6. The molecule has 0 unspecified atom stereocenters. The lowest BCUT2D eigenvalue weighted by molar-refractivity contribution is 0.556. The molecule has 60 heavy (non-hydrogen) atoms. The van der Waals surface area contributed by atoms with E-state index < -0.39 is 0 Å². The van der Waals surface area contributed by atoms with Gasteiger partial charge in [0.2, 0.25) is 0 Å². The van der Waals surface area contributed by atoms with E-state index in [0.29, 0.717) is 0 Å². The molecule has 4 heteroatoms. The fraction of sp³-hybridized carbons (Fsp3) is 0.679. The van der Waals surface area contributed by atoms with Crippen LogP contribution in [0.5, 0.6) is 0 Å². The number of hydrogen-bond acceptors (Lipinski definition) is 4. The highest BCUT2D eigenvalue weighted by molar-refractivity contribution is 7.23. The van der Waals surface area contributed by atoms with E-state index in [2.05, 4.69) is 101 Å². The zero-order valence-corrected chi connectivity index (χ0v) is 43.0. The first kappa shape index (κ1) is 51.2. The van der Waals surface area contributed by atoms with Crippen LogP contribution in [0.2, 0.25) is 0 Å². The van der Waals surface area contributed by atoms with Crippen LogP contribution in [0.4, 0.5) is 0 Å². The maximum atomic E-state index is 2.60. The van der Waals surface area contributed by atoms with Gasteiger partial charge in [0.25, 0.3) is 0 Å². The third-order valence-electron chi connectivity index (χ3n) is 12.6. The smallest absolute Gasteiger partial charge is 0.0477 e. The standard InChI is InChI=1S/C56H88S4/c1-7-11-15-19-21-23-25-27-29-33-37-49-41-45(5)57-55(49)53-43-47(35-31-17-13-9-3)51(59-53)39-40-52-48(36-32-18-14-10-4)44-54(60-52)56-50(42-46(6)58-56)38-34-30-28-26-24-22-20-16-12-8-2/h39-44H,7-38H2,1-6H3/b40-39+. The summed E-state index contributed by atoms with van der Waals surface area (Å²) in [6, 6.07) is 10.2. The van der Waals surface area contributed by atoms with E-state index in [1.165, 1.54) is 235 Å². The lowest BCUT2D eigenvalue weighted by Crippen LogP contribution is -1.87. The predicted octanol–water partition coefficient (Wildman–Crippen LogP) is 21.2. The summed E-state index contributed by atoms with van der Waals surface area (Å²) in [5, 5.41) is 0. The van der Waals surface area contributed by atoms with Gasteiger partial charge in [-0.25, -0.2) is 0 Å². The quantitative estimate of drug-likeness (QED) is 0.0399. The van der Waals surface area contributed by atoms with Gasteiger partial charge in [0.1, 0.15) is 0 Å². The molecule has 0 spiro atoms. The Balaban J connectivity index is 1.47. The molecule has 4 aromatic rings. The molecule has 4 heterocycles. The van der Waals surface area contributed by atoms with Crippen molar-refractivity contribution < 1.29 is 0 Å². The van der Waals surface area contributed by atoms with Crippen LogP contribution in [0.1, 0.15) is 249 Å². The van der Waals surface area contributed by atoms with Crippen LogP contribution in [0, 0.1) is 13.8 Å². The Labute approximate surface area is 387 Å². The van der Waals surface area contributed by atoms with Crippen LogP contribution in [-0.2, 0) is 25.7 Å². The van der Waals surface area contributed by atoms with Crippen molar-refractivity contribution in [2.45, 2.75) is 247 Å². The van der Waals surface area contributed by atoms with Gasteiger partial charge in [-0.3, -0.25) is 0 Å². The Morgan fingerprint density at radius 2 is 0.583 bits per heavy atom. The molecule has 0 fully saturated rings. The second-order valence-electron chi connectivity index (χ2n) is 18.2. The Kier molecular flexibility index (Phi) is 26.8. The maximum Gasteiger partial charge on any atom is 0.0477 e. The molecule has 336 valence electrons. The topological polar surface area (TPSA) is 0 Å². The molecule has 0 amide bonds. The largest absolute Gasteiger partial charge is 0.139 e. The lowest BCUT2D eigenvalue weighted by atomic mass is 10.0. The number of rotatable bonds is 36. The van der Waals surface area contributed by atoms with Crippen molar-refractivity contribution in [3.63, 3.8) is 0 Å².